The van der Waals surface area contributed by atoms with E-state index in [2.05, 4.69) is 0 Å². The Morgan fingerprint density at radius 3 is 1.24 bits per heavy atom. The van der Waals surface area contributed by atoms with Crippen molar-refractivity contribution in [1.29, 1.82) is 0 Å². The number of carbonyl (C=O) groups excluding carboxylic acids is 4. The molecule has 38 heavy (non-hydrogen) atoms. The summed E-state index contributed by atoms with van der Waals surface area (Å²) in [5.41, 5.74) is 3.41. The maximum absolute atomic E-state index is 13.8. The minimum absolute atomic E-state index is 0.134. The first-order valence-electron chi connectivity index (χ1n) is 12.6. The third-order valence-corrected chi connectivity index (χ3v) is 6.63. The van der Waals surface area contributed by atoms with E-state index >= 15 is 0 Å². The Morgan fingerprint density at radius 1 is 0.500 bits per heavy atom. The minimum Gasteiger partial charge on any atom is -0.289 e. The van der Waals surface area contributed by atoms with Crippen LogP contribution in [-0.2, 0) is 9.59 Å². The van der Waals surface area contributed by atoms with Gasteiger partial charge in [-0.15, -0.1) is 0 Å². The fraction of sp³-hybridized carbons (Fsp3) is 0.125. The van der Waals surface area contributed by atoms with Crippen LogP contribution in [0.2, 0.25) is 0 Å². The lowest BCUT2D eigenvalue weighted by Crippen LogP contribution is -2.28. The Hall–Kier alpha value is -4.84. The van der Waals surface area contributed by atoms with Gasteiger partial charge in [-0.2, -0.15) is 0 Å². The molecule has 6 heteroatoms. The molecule has 0 aromatic heterocycles. The number of rotatable bonds is 6. The zero-order valence-corrected chi connectivity index (χ0v) is 21.2. The first-order chi connectivity index (χ1) is 18.4. The monoisotopic (exact) mass is 502 g/mol. The summed E-state index contributed by atoms with van der Waals surface area (Å²) in [4.78, 5) is 56.1. The van der Waals surface area contributed by atoms with E-state index in [0.717, 1.165) is 0 Å². The largest absolute Gasteiger partial charge is 0.289 e. The molecule has 0 N–H and O–H groups in total. The second-order valence-corrected chi connectivity index (χ2v) is 8.95. The quantitative estimate of drug-likeness (QED) is 0.262. The van der Waals surface area contributed by atoms with Crippen molar-refractivity contribution in [2.45, 2.75) is 26.7 Å². The van der Waals surface area contributed by atoms with Crippen molar-refractivity contribution in [1.82, 2.24) is 0 Å². The lowest BCUT2D eigenvalue weighted by molar-refractivity contribution is -0.118. The Balaban J connectivity index is 1.60. The molecule has 1 aliphatic carbocycles. The van der Waals surface area contributed by atoms with Crippen LogP contribution >= 0.6 is 0 Å². The maximum Gasteiger partial charge on any atom is 0.231 e. The highest BCUT2D eigenvalue weighted by Crippen LogP contribution is 2.36. The van der Waals surface area contributed by atoms with Gasteiger partial charge in [0, 0.05) is 57.8 Å². The summed E-state index contributed by atoms with van der Waals surface area (Å²) in [5.74, 6) is -0.865. The zero-order valence-electron chi connectivity index (χ0n) is 21.2. The molecule has 4 aromatic carbocycles. The number of amides is 2. The van der Waals surface area contributed by atoms with Crippen molar-refractivity contribution in [3.8, 4) is 0 Å². The average molecular weight is 503 g/mol. The number of fused-ring (bicyclic) bond motifs is 2. The average Bonchev–Trinajstić information content (AvgIpc) is 2.97. The molecule has 6 nitrogen and oxygen atoms in total. The van der Waals surface area contributed by atoms with Gasteiger partial charge in [0.25, 0.3) is 0 Å². The van der Waals surface area contributed by atoms with Crippen LogP contribution in [0.3, 0.4) is 0 Å². The summed E-state index contributed by atoms with van der Waals surface area (Å²) >= 11 is 0. The molecule has 0 radical (unpaired) electrons. The number of benzene rings is 4. The van der Waals surface area contributed by atoms with E-state index in [4.69, 9.17) is 0 Å². The molecule has 4 aromatic rings. The predicted octanol–water partition coefficient (Wildman–Crippen LogP) is 6.61. The van der Waals surface area contributed by atoms with Crippen molar-refractivity contribution in [3.05, 3.63) is 119 Å². The van der Waals surface area contributed by atoms with E-state index in [-0.39, 0.29) is 47.3 Å². The number of hydrogen-bond donors (Lipinski definition) is 0. The second kappa shape index (κ2) is 10.3. The standard InChI is InChI=1S/C32H26N2O4/c1-3-29(35)33(21-11-7-5-8-12-21)23-15-17-25-27(19-23)32(38)28-20-24(16-18-26(28)31(25)37)34(30(36)4-2)22-13-9-6-10-14-22/h5-20H,3-4H2,1-2H3. The van der Waals surface area contributed by atoms with Crippen molar-refractivity contribution >= 4 is 46.1 Å². The molecule has 1 aliphatic rings. The molecule has 0 aliphatic heterocycles. The van der Waals surface area contributed by atoms with E-state index < -0.39 is 0 Å². The van der Waals surface area contributed by atoms with Gasteiger partial charge < -0.3 is 0 Å². The van der Waals surface area contributed by atoms with E-state index in [0.29, 0.717) is 33.9 Å². The Bertz CT molecular complexity index is 1450. The summed E-state index contributed by atoms with van der Waals surface area (Å²) in [6.07, 6.45) is 0.539. The Kier molecular flexibility index (Phi) is 6.71. The fourth-order valence-corrected chi connectivity index (χ4v) is 4.75. The minimum atomic E-state index is -0.327. The van der Waals surface area contributed by atoms with Crippen LogP contribution < -0.4 is 9.80 Å². The summed E-state index contributed by atoms with van der Waals surface area (Å²) in [6, 6.07) is 28.2. The third-order valence-electron chi connectivity index (χ3n) is 6.63. The van der Waals surface area contributed by atoms with E-state index in [9.17, 15) is 19.2 Å². The molecule has 0 bridgehead atoms. The van der Waals surface area contributed by atoms with Crippen LogP contribution in [0, 0.1) is 0 Å². The maximum atomic E-state index is 13.8. The van der Waals surface area contributed by atoms with Crippen molar-refractivity contribution in [2.75, 3.05) is 9.80 Å². The van der Waals surface area contributed by atoms with Crippen LogP contribution in [0.25, 0.3) is 0 Å². The van der Waals surface area contributed by atoms with Crippen molar-refractivity contribution in [3.63, 3.8) is 0 Å². The van der Waals surface area contributed by atoms with Gasteiger partial charge in [0.1, 0.15) is 0 Å². The molecule has 0 saturated heterocycles. The van der Waals surface area contributed by atoms with Crippen LogP contribution in [0.1, 0.15) is 58.5 Å². The highest BCUT2D eigenvalue weighted by molar-refractivity contribution is 6.29. The van der Waals surface area contributed by atoms with E-state index in [1.54, 1.807) is 60.0 Å². The summed E-state index contributed by atoms with van der Waals surface area (Å²) < 4.78 is 0. The second-order valence-electron chi connectivity index (χ2n) is 8.95. The number of para-hydroxylation sites is 2. The molecule has 2 amide bonds. The molecular formula is C32H26N2O4. The molecule has 0 heterocycles. The van der Waals surface area contributed by atoms with Crippen molar-refractivity contribution < 1.29 is 19.2 Å². The van der Waals surface area contributed by atoms with Crippen molar-refractivity contribution in [2.24, 2.45) is 0 Å². The highest BCUT2D eigenvalue weighted by Gasteiger charge is 2.32. The topological polar surface area (TPSA) is 74.8 Å². The number of hydrogen-bond acceptors (Lipinski definition) is 4. The number of anilines is 4. The molecule has 0 saturated carbocycles. The van der Waals surface area contributed by atoms with E-state index in [1.807, 2.05) is 60.7 Å². The number of ketones is 2. The molecule has 5 rings (SSSR count). The predicted molar refractivity (Wildman–Crippen MR) is 148 cm³/mol. The fourth-order valence-electron chi connectivity index (χ4n) is 4.75. The lowest BCUT2D eigenvalue weighted by atomic mass is 9.83. The van der Waals surface area contributed by atoms with Crippen LogP contribution in [0.15, 0.2) is 97.1 Å². The first kappa shape index (κ1) is 24.8. The Labute approximate surface area is 221 Å². The van der Waals surface area contributed by atoms with Crippen LogP contribution in [0.4, 0.5) is 22.7 Å². The number of carbonyl (C=O) groups is 4. The van der Waals surface area contributed by atoms with Crippen LogP contribution in [-0.4, -0.2) is 23.4 Å². The first-order valence-corrected chi connectivity index (χ1v) is 12.6. The van der Waals surface area contributed by atoms with Gasteiger partial charge >= 0.3 is 0 Å². The summed E-state index contributed by atoms with van der Waals surface area (Å²) in [6.45, 7) is 3.55. The SMILES string of the molecule is CCC(=O)N(c1ccccc1)c1ccc2c(c1)C(=O)c1cc(N(C(=O)CC)c3ccccc3)ccc1C2=O. The van der Waals surface area contributed by atoms with Gasteiger partial charge in [0.15, 0.2) is 11.6 Å². The smallest absolute Gasteiger partial charge is 0.231 e. The lowest BCUT2D eigenvalue weighted by Gasteiger charge is -2.26. The number of nitrogens with zero attached hydrogens (tertiary/aromatic N) is 2. The van der Waals surface area contributed by atoms with Gasteiger partial charge in [0.05, 0.1) is 0 Å². The molecule has 0 spiro atoms. The third kappa shape index (κ3) is 4.30. The van der Waals surface area contributed by atoms with E-state index in [1.165, 1.54) is 0 Å². The van der Waals surface area contributed by atoms with Crippen LogP contribution in [0.5, 0.6) is 0 Å². The molecule has 0 unspecified atom stereocenters. The Morgan fingerprint density at radius 2 is 0.868 bits per heavy atom. The molecule has 0 atom stereocenters. The molecular weight excluding hydrogens is 476 g/mol. The van der Waals surface area contributed by atoms with Gasteiger partial charge in [-0.3, -0.25) is 29.0 Å². The molecule has 0 fully saturated rings. The van der Waals surface area contributed by atoms with Gasteiger partial charge in [-0.1, -0.05) is 50.2 Å². The summed E-state index contributed by atoms with van der Waals surface area (Å²) in [5, 5.41) is 0. The normalized spacial score (nSPS) is 11.9. The molecule has 188 valence electrons. The van der Waals surface area contributed by atoms with Gasteiger partial charge in [-0.25, -0.2) is 0 Å². The zero-order chi connectivity index (χ0) is 26.8. The summed E-state index contributed by atoms with van der Waals surface area (Å²) in [7, 11) is 0. The highest BCUT2D eigenvalue weighted by atomic mass is 16.2. The van der Waals surface area contributed by atoms with Gasteiger partial charge in [0.2, 0.25) is 11.8 Å². The van der Waals surface area contributed by atoms with Gasteiger partial charge in [-0.05, 0) is 60.7 Å².